The Morgan fingerprint density at radius 3 is 2.47 bits per heavy atom. The van der Waals surface area contributed by atoms with Gasteiger partial charge in [-0.1, -0.05) is 30.3 Å². The molecule has 0 bridgehead atoms. The predicted molar refractivity (Wildman–Crippen MR) is 119 cm³/mol. The van der Waals surface area contributed by atoms with Crippen LogP contribution in [0.15, 0.2) is 71.7 Å². The summed E-state index contributed by atoms with van der Waals surface area (Å²) >= 11 is 0. The summed E-state index contributed by atoms with van der Waals surface area (Å²) in [6.45, 7) is 1.89. The van der Waals surface area contributed by atoms with E-state index in [9.17, 15) is 9.59 Å². The lowest BCUT2D eigenvalue weighted by Crippen LogP contribution is -2.33. The topological polar surface area (TPSA) is 103 Å². The first kappa shape index (κ1) is 19.4. The number of methoxy groups -OCH3 is 1. The van der Waals surface area contributed by atoms with Gasteiger partial charge in [0, 0.05) is 11.8 Å². The van der Waals surface area contributed by atoms with Gasteiger partial charge < -0.3 is 4.74 Å². The maximum absolute atomic E-state index is 13.0. The molecule has 158 valence electrons. The molecule has 0 unspecified atom stereocenters. The van der Waals surface area contributed by atoms with E-state index in [-0.39, 0.29) is 5.52 Å². The molecule has 0 aliphatic heterocycles. The molecule has 0 radical (unpaired) electrons. The molecule has 0 spiro atoms. The van der Waals surface area contributed by atoms with E-state index >= 15 is 0 Å². The van der Waals surface area contributed by atoms with Crippen LogP contribution in [-0.2, 0) is 0 Å². The van der Waals surface area contributed by atoms with Crippen molar-refractivity contribution in [1.29, 1.82) is 0 Å². The van der Waals surface area contributed by atoms with E-state index in [0.29, 0.717) is 22.5 Å². The number of hydrogen-bond acceptors (Lipinski definition) is 6. The monoisotopic (exact) mass is 426 g/mol. The highest BCUT2D eigenvalue weighted by molar-refractivity contribution is 6.00. The molecule has 9 nitrogen and oxygen atoms in total. The van der Waals surface area contributed by atoms with Crippen molar-refractivity contribution in [2.45, 2.75) is 6.92 Å². The molecule has 3 heterocycles. The van der Waals surface area contributed by atoms with Crippen LogP contribution in [0, 0.1) is 6.92 Å². The van der Waals surface area contributed by atoms with Gasteiger partial charge in [0.25, 0.3) is 11.5 Å². The van der Waals surface area contributed by atoms with E-state index in [1.807, 2.05) is 37.3 Å². The molecule has 0 fully saturated rings. The molecule has 32 heavy (non-hydrogen) atoms. The normalized spacial score (nSPS) is 11.1. The quantitative estimate of drug-likeness (QED) is 0.474. The number of aryl methyl sites for hydroxylation is 1. The van der Waals surface area contributed by atoms with Gasteiger partial charge in [0.05, 0.1) is 18.4 Å². The summed E-state index contributed by atoms with van der Waals surface area (Å²) in [6.07, 6.45) is 1.48. The second-order valence-corrected chi connectivity index (χ2v) is 7.16. The molecule has 0 atom stereocenters. The van der Waals surface area contributed by atoms with Crippen molar-refractivity contribution in [2.24, 2.45) is 0 Å². The Labute approximate surface area is 181 Å². The number of hydrogen-bond donors (Lipinski definition) is 1. The van der Waals surface area contributed by atoms with Crippen LogP contribution in [0.2, 0.25) is 0 Å². The molecule has 0 saturated carbocycles. The fourth-order valence-electron chi connectivity index (χ4n) is 3.60. The van der Waals surface area contributed by atoms with Crippen LogP contribution in [0.3, 0.4) is 0 Å². The van der Waals surface area contributed by atoms with Crippen LogP contribution in [0.4, 0.5) is 0 Å². The number of benzene rings is 2. The first-order valence-electron chi connectivity index (χ1n) is 9.85. The molecule has 0 aliphatic carbocycles. The molecular weight excluding hydrogens is 408 g/mol. The van der Waals surface area contributed by atoms with E-state index in [4.69, 9.17) is 4.74 Å². The number of amides is 1. The molecular formula is C23H18N6O3. The zero-order chi connectivity index (χ0) is 22.2. The molecule has 5 aromatic rings. The molecule has 1 N–H and O–H groups in total. The summed E-state index contributed by atoms with van der Waals surface area (Å²) < 4.78 is 7.79. The van der Waals surface area contributed by atoms with E-state index in [1.165, 1.54) is 6.20 Å². The van der Waals surface area contributed by atoms with Gasteiger partial charge in [-0.2, -0.15) is 5.10 Å². The predicted octanol–water partition coefficient (Wildman–Crippen LogP) is 2.81. The largest absolute Gasteiger partial charge is 0.497 e. The van der Waals surface area contributed by atoms with Crippen LogP contribution in [0.5, 0.6) is 5.75 Å². The number of carbonyl (C=O) groups excluding carboxylic acids is 1. The zero-order valence-electron chi connectivity index (χ0n) is 17.3. The number of nitrogens with one attached hydrogen (secondary N) is 1. The van der Waals surface area contributed by atoms with Crippen molar-refractivity contribution < 1.29 is 9.53 Å². The lowest BCUT2D eigenvalue weighted by atomic mass is 10.1. The number of fused-ring (bicyclic) bond motifs is 3. The highest BCUT2D eigenvalue weighted by Crippen LogP contribution is 2.27. The molecule has 5 rings (SSSR count). The molecule has 2 aromatic carbocycles. The van der Waals surface area contributed by atoms with E-state index in [2.05, 4.69) is 20.7 Å². The van der Waals surface area contributed by atoms with Gasteiger partial charge in [-0.15, -0.1) is 10.2 Å². The Morgan fingerprint density at radius 2 is 1.75 bits per heavy atom. The minimum absolute atomic E-state index is 0.0946. The minimum atomic E-state index is -0.506. The van der Waals surface area contributed by atoms with Gasteiger partial charge in [0.15, 0.2) is 11.2 Å². The van der Waals surface area contributed by atoms with Gasteiger partial charge in [-0.05, 0) is 42.8 Å². The third-order valence-electron chi connectivity index (χ3n) is 5.19. The lowest BCUT2D eigenvalue weighted by Gasteiger charge is -2.09. The second-order valence-electron chi connectivity index (χ2n) is 7.16. The average molecular weight is 426 g/mol. The van der Waals surface area contributed by atoms with Gasteiger partial charge in [0.1, 0.15) is 11.3 Å². The second kappa shape index (κ2) is 7.62. The van der Waals surface area contributed by atoms with Crippen LogP contribution in [0.1, 0.15) is 16.1 Å². The van der Waals surface area contributed by atoms with Crippen LogP contribution >= 0.6 is 0 Å². The summed E-state index contributed by atoms with van der Waals surface area (Å²) in [5, 5.41) is 13.0. The lowest BCUT2D eigenvalue weighted by molar-refractivity contribution is 0.101. The van der Waals surface area contributed by atoms with E-state index in [0.717, 1.165) is 21.5 Å². The molecule has 1 amide bonds. The Morgan fingerprint density at radius 1 is 1.00 bits per heavy atom. The van der Waals surface area contributed by atoms with Gasteiger partial charge in [-0.3, -0.25) is 15.0 Å². The van der Waals surface area contributed by atoms with Crippen molar-refractivity contribution >= 4 is 22.6 Å². The SMILES string of the molecule is COc1ccc(C(=O)Nn2ccc3c(nnc4c(-c5ccccc5)c(C)nn43)c2=O)cc1. The van der Waals surface area contributed by atoms with Crippen LogP contribution < -0.4 is 15.7 Å². The van der Waals surface area contributed by atoms with Crippen molar-refractivity contribution in [3.8, 4) is 16.9 Å². The number of nitrogens with zero attached hydrogens (tertiary/aromatic N) is 5. The van der Waals surface area contributed by atoms with Crippen LogP contribution in [-0.4, -0.2) is 37.5 Å². The number of rotatable bonds is 4. The van der Waals surface area contributed by atoms with Crippen molar-refractivity contribution in [3.63, 3.8) is 0 Å². The van der Waals surface area contributed by atoms with Gasteiger partial charge in [0.2, 0.25) is 0 Å². The number of carbonyl (C=O) groups is 1. The Bertz CT molecular complexity index is 1520. The third-order valence-corrected chi connectivity index (χ3v) is 5.19. The zero-order valence-corrected chi connectivity index (χ0v) is 17.3. The third kappa shape index (κ3) is 3.16. The van der Waals surface area contributed by atoms with E-state index in [1.54, 1.807) is 42.0 Å². The average Bonchev–Trinajstić information content (AvgIpc) is 3.17. The van der Waals surface area contributed by atoms with Crippen LogP contribution in [0.25, 0.3) is 27.8 Å². The first-order valence-corrected chi connectivity index (χ1v) is 9.85. The summed E-state index contributed by atoms with van der Waals surface area (Å²) in [5.41, 5.74) is 6.20. The summed E-state index contributed by atoms with van der Waals surface area (Å²) in [7, 11) is 1.55. The van der Waals surface area contributed by atoms with Gasteiger partial charge in [-0.25, -0.2) is 9.19 Å². The number of pyridine rings is 1. The standard InChI is InChI=1S/C23H18N6O3/c1-14-19(15-6-4-3-5-7-15)21-25-24-20-18(29(21)26-14)12-13-28(23(20)31)27-22(30)16-8-10-17(32-2)11-9-16/h3-13H,1-2H3,(H,27,30). The van der Waals surface area contributed by atoms with Crippen molar-refractivity contribution in [3.05, 3.63) is 88.5 Å². The Balaban J connectivity index is 1.56. The summed E-state index contributed by atoms with van der Waals surface area (Å²) in [6, 6.07) is 18.0. The molecule has 0 aliphatic rings. The minimum Gasteiger partial charge on any atom is -0.497 e. The maximum Gasteiger partial charge on any atom is 0.299 e. The summed E-state index contributed by atoms with van der Waals surface area (Å²) in [5.74, 6) is 0.192. The van der Waals surface area contributed by atoms with E-state index < -0.39 is 11.5 Å². The Hall–Kier alpha value is -4.53. The molecule has 0 saturated heterocycles. The fourth-order valence-corrected chi connectivity index (χ4v) is 3.60. The highest BCUT2D eigenvalue weighted by Gasteiger charge is 2.18. The Kier molecular flexibility index (Phi) is 4.63. The van der Waals surface area contributed by atoms with Crippen molar-refractivity contribution in [2.75, 3.05) is 12.5 Å². The van der Waals surface area contributed by atoms with Crippen molar-refractivity contribution in [1.82, 2.24) is 24.5 Å². The summed E-state index contributed by atoms with van der Waals surface area (Å²) in [4.78, 5) is 25.5. The first-order chi connectivity index (χ1) is 15.6. The number of ether oxygens (including phenoxy) is 1. The number of aromatic nitrogens is 5. The molecule has 9 heteroatoms. The maximum atomic E-state index is 13.0. The smallest absolute Gasteiger partial charge is 0.299 e. The molecule has 3 aromatic heterocycles. The van der Waals surface area contributed by atoms with Gasteiger partial charge >= 0.3 is 0 Å². The fraction of sp³-hybridized carbons (Fsp3) is 0.0870. The highest BCUT2D eigenvalue weighted by atomic mass is 16.5.